The van der Waals surface area contributed by atoms with E-state index >= 15 is 0 Å². The maximum atomic E-state index is 6.88. The van der Waals surface area contributed by atoms with Crippen LogP contribution in [0, 0.1) is 34.6 Å². The predicted octanol–water partition coefficient (Wildman–Crippen LogP) is 12.4. The molecule has 248 valence electrons. The summed E-state index contributed by atoms with van der Waals surface area (Å²) in [4.78, 5) is 0. The van der Waals surface area contributed by atoms with Crippen LogP contribution in [-0.2, 0) is 4.52 Å². The Hall–Kier alpha value is -4.25. The molecule has 0 bridgehead atoms. The van der Waals surface area contributed by atoms with E-state index < -0.39 is 23.0 Å². The number of rotatable bonds is 11. The molecule has 6 rings (SSSR count). The van der Waals surface area contributed by atoms with Crippen LogP contribution in [0.3, 0.4) is 0 Å². The summed E-state index contributed by atoms with van der Waals surface area (Å²) in [7, 11) is -9.90. The fourth-order valence-electron chi connectivity index (χ4n) is 4.75. The molecule has 1 heterocycles. The van der Waals surface area contributed by atoms with Crippen LogP contribution in [0.5, 0.6) is 28.7 Å². The van der Waals surface area contributed by atoms with Crippen molar-refractivity contribution in [1.82, 2.24) is 0 Å². The highest BCUT2D eigenvalue weighted by Gasteiger charge is 2.48. The van der Waals surface area contributed by atoms with E-state index in [1.54, 1.807) is 0 Å². The Morgan fingerprint density at radius 1 is 0.333 bits per heavy atom. The molecule has 48 heavy (non-hydrogen) atoms. The molecular formula is C36H38N3O6P3. The molecule has 5 aromatic carbocycles. The Labute approximate surface area is 282 Å². The van der Waals surface area contributed by atoms with E-state index in [9.17, 15) is 0 Å². The van der Waals surface area contributed by atoms with Crippen molar-refractivity contribution < 1.29 is 27.1 Å². The first-order valence-electron chi connectivity index (χ1n) is 15.4. The lowest BCUT2D eigenvalue weighted by atomic mass is 10.2. The summed E-state index contributed by atoms with van der Waals surface area (Å²) in [5.41, 5.74) is 4.32. The molecule has 0 fully saturated rings. The van der Waals surface area contributed by atoms with Crippen LogP contribution < -0.4 is 22.6 Å². The van der Waals surface area contributed by atoms with Gasteiger partial charge in [-0.1, -0.05) is 95.5 Å². The molecule has 0 N–H and O–H groups in total. The number of para-hydroxylation sites is 5. The summed E-state index contributed by atoms with van der Waals surface area (Å²) in [5, 5.41) is 0. The van der Waals surface area contributed by atoms with Crippen molar-refractivity contribution in [3.8, 4) is 28.7 Å². The molecule has 0 spiro atoms. The van der Waals surface area contributed by atoms with E-state index in [-0.39, 0.29) is 0 Å². The van der Waals surface area contributed by atoms with Crippen molar-refractivity contribution in [2.75, 3.05) is 7.11 Å². The van der Waals surface area contributed by atoms with Crippen LogP contribution in [0.2, 0.25) is 0 Å². The van der Waals surface area contributed by atoms with E-state index in [0.717, 1.165) is 27.8 Å². The van der Waals surface area contributed by atoms with Crippen molar-refractivity contribution in [3.63, 3.8) is 0 Å². The van der Waals surface area contributed by atoms with E-state index in [4.69, 9.17) is 40.7 Å². The molecule has 0 saturated carbocycles. The third-order valence-electron chi connectivity index (χ3n) is 7.47. The normalized spacial score (nSPS) is 17.5. The van der Waals surface area contributed by atoms with Gasteiger partial charge in [-0.05, 0) is 92.8 Å². The highest BCUT2D eigenvalue weighted by atomic mass is 31.3. The van der Waals surface area contributed by atoms with E-state index in [2.05, 4.69) is 0 Å². The molecule has 9 nitrogen and oxygen atoms in total. The highest BCUT2D eigenvalue weighted by Crippen LogP contribution is 2.79. The summed E-state index contributed by atoms with van der Waals surface area (Å²) < 4.78 is 56.1. The summed E-state index contributed by atoms with van der Waals surface area (Å²) >= 11 is 0. The zero-order valence-corrected chi connectivity index (χ0v) is 30.4. The van der Waals surface area contributed by atoms with Gasteiger partial charge in [0.05, 0.1) is 0 Å². The van der Waals surface area contributed by atoms with Gasteiger partial charge >= 0.3 is 23.0 Å². The molecule has 0 aromatic heterocycles. The molecule has 1 unspecified atom stereocenters. The maximum absolute atomic E-state index is 6.88. The molecule has 0 saturated heterocycles. The number of aryl methyl sites for hydroxylation is 5. The zero-order chi connectivity index (χ0) is 33.8. The van der Waals surface area contributed by atoms with Gasteiger partial charge < -0.3 is 27.1 Å². The van der Waals surface area contributed by atoms with Crippen LogP contribution in [0.25, 0.3) is 0 Å². The monoisotopic (exact) mass is 701 g/mol. The first-order chi connectivity index (χ1) is 23.1. The summed E-state index contributed by atoms with van der Waals surface area (Å²) in [5.74, 6) is 2.66. The molecule has 1 atom stereocenters. The third kappa shape index (κ3) is 7.41. The number of hydrogen-bond acceptors (Lipinski definition) is 9. The smallest absolute Gasteiger partial charge is 0.422 e. The molecule has 0 amide bonds. The maximum Gasteiger partial charge on any atom is 0.460 e. The summed E-state index contributed by atoms with van der Waals surface area (Å²) in [6, 6.07) is 38.1. The number of nitrogens with zero attached hydrogens (tertiary/aromatic N) is 3. The lowest BCUT2D eigenvalue weighted by Gasteiger charge is -2.33. The van der Waals surface area contributed by atoms with Crippen molar-refractivity contribution in [3.05, 3.63) is 149 Å². The van der Waals surface area contributed by atoms with Crippen LogP contribution in [0.15, 0.2) is 135 Å². The molecule has 1 aliphatic heterocycles. The standard InChI is InChI=1S/C36H38N3O6P3/c1-27-17-7-12-22-32(27)41-46(40-6)37-47(42-33-23-13-8-18-28(33)2,43-34-24-14-9-19-29(34)3)39-48(38-46,44-35-25-15-10-20-30(35)4)45-36-26-16-11-21-31(36)5/h7-26H,1-6H3. The minimum atomic E-state index is -3.85. The third-order valence-corrected chi connectivity index (χ3v) is 15.5. The van der Waals surface area contributed by atoms with Crippen molar-refractivity contribution in [1.29, 1.82) is 0 Å². The van der Waals surface area contributed by atoms with Gasteiger partial charge in [-0.15, -0.1) is 9.03 Å². The van der Waals surface area contributed by atoms with Gasteiger partial charge in [0.2, 0.25) is 0 Å². The van der Waals surface area contributed by atoms with Crippen LogP contribution in [0.4, 0.5) is 0 Å². The number of benzene rings is 5. The lowest BCUT2D eigenvalue weighted by Crippen LogP contribution is -2.11. The average Bonchev–Trinajstić information content (AvgIpc) is 3.06. The Bertz CT molecular complexity index is 1930. The first kappa shape index (κ1) is 33.6. The van der Waals surface area contributed by atoms with E-state index in [1.165, 1.54) is 7.11 Å². The lowest BCUT2D eigenvalue weighted by molar-refractivity contribution is 0.378. The molecule has 12 heteroatoms. The fourth-order valence-corrected chi connectivity index (χ4v) is 14.1. The minimum absolute atomic E-state index is 0.531. The van der Waals surface area contributed by atoms with Gasteiger partial charge in [0.15, 0.2) is 0 Å². The molecule has 0 aliphatic carbocycles. The van der Waals surface area contributed by atoms with Crippen LogP contribution >= 0.6 is 23.0 Å². The molecule has 1 aliphatic rings. The largest absolute Gasteiger partial charge is 0.460 e. The summed E-state index contributed by atoms with van der Waals surface area (Å²) in [6.45, 7) is 9.75. The van der Waals surface area contributed by atoms with E-state index in [1.807, 2.05) is 156 Å². The average molecular weight is 702 g/mol. The van der Waals surface area contributed by atoms with Gasteiger partial charge in [0.1, 0.15) is 28.7 Å². The van der Waals surface area contributed by atoms with Crippen LogP contribution in [0.1, 0.15) is 27.8 Å². The zero-order valence-electron chi connectivity index (χ0n) is 27.7. The Balaban J connectivity index is 1.71. The second-order valence-electron chi connectivity index (χ2n) is 11.2. The van der Waals surface area contributed by atoms with Gasteiger partial charge in [-0.3, -0.25) is 0 Å². The predicted molar refractivity (Wildman–Crippen MR) is 194 cm³/mol. The van der Waals surface area contributed by atoms with Gasteiger partial charge in [-0.25, -0.2) is 0 Å². The quantitative estimate of drug-likeness (QED) is 0.127. The summed E-state index contributed by atoms with van der Waals surface area (Å²) in [6.07, 6.45) is 0. The SMILES string of the molecule is COP1(Oc2ccccc2C)=NP(Oc2ccccc2C)(Oc2ccccc2C)=NP(Oc2ccccc2C)(Oc2ccccc2C)=N1. The first-order valence-corrected chi connectivity index (χ1v) is 20.0. The Kier molecular flexibility index (Phi) is 9.87. The second-order valence-corrected chi connectivity index (χ2v) is 17.6. The van der Waals surface area contributed by atoms with Gasteiger partial charge in [0.25, 0.3) is 0 Å². The van der Waals surface area contributed by atoms with Crippen LogP contribution in [-0.4, -0.2) is 7.11 Å². The molecule has 0 radical (unpaired) electrons. The van der Waals surface area contributed by atoms with Gasteiger partial charge in [-0.2, -0.15) is 0 Å². The molecular weight excluding hydrogens is 663 g/mol. The second kappa shape index (κ2) is 14.1. The highest BCUT2D eigenvalue weighted by molar-refractivity contribution is 7.79. The molecule has 5 aromatic rings. The van der Waals surface area contributed by atoms with Crippen molar-refractivity contribution in [2.24, 2.45) is 13.5 Å². The fraction of sp³-hybridized carbons (Fsp3) is 0.167. The van der Waals surface area contributed by atoms with Gasteiger partial charge in [0, 0.05) is 7.11 Å². The van der Waals surface area contributed by atoms with E-state index in [0.29, 0.717) is 28.7 Å². The Morgan fingerprint density at radius 3 is 0.792 bits per heavy atom. The van der Waals surface area contributed by atoms with Crippen molar-refractivity contribution >= 4 is 23.0 Å². The number of hydrogen-bond donors (Lipinski definition) is 0. The topological polar surface area (TPSA) is 92.5 Å². The Morgan fingerprint density at radius 2 is 0.542 bits per heavy atom. The minimum Gasteiger partial charge on any atom is -0.422 e. The van der Waals surface area contributed by atoms with Crippen molar-refractivity contribution in [2.45, 2.75) is 34.6 Å².